The van der Waals surface area contributed by atoms with Crippen molar-refractivity contribution in [3.8, 4) is 0 Å². The lowest BCUT2D eigenvalue weighted by molar-refractivity contribution is -0.131. The van der Waals surface area contributed by atoms with Crippen LogP contribution < -0.4 is 0 Å². The van der Waals surface area contributed by atoms with E-state index in [2.05, 4.69) is 77.7 Å². The van der Waals surface area contributed by atoms with E-state index in [9.17, 15) is 4.79 Å². The summed E-state index contributed by atoms with van der Waals surface area (Å²) in [6, 6.07) is 31.6. The van der Waals surface area contributed by atoms with Gasteiger partial charge in [0.15, 0.2) is 0 Å². The molecule has 0 spiro atoms. The average molecular weight is 380 g/mol. The number of carbonyl (C=O) groups is 1. The molecule has 1 aliphatic heterocycles. The van der Waals surface area contributed by atoms with E-state index in [1.807, 2.05) is 18.2 Å². The zero-order valence-electron chi connectivity index (χ0n) is 16.5. The van der Waals surface area contributed by atoms with Gasteiger partial charge in [0, 0.05) is 19.0 Å². The number of likely N-dealkylation sites (tertiary alicyclic amines) is 1. The van der Waals surface area contributed by atoms with E-state index in [0.717, 1.165) is 19.4 Å². The maximum atomic E-state index is 13.3. The van der Waals surface area contributed by atoms with Crippen LogP contribution in [0.4, 0.5) is 0 Å². The minimum atomic E-state index is 0.0985. The van der Waals surface area contributed by atoms with Crippen molar-refractivity contribution in [2.24, 2.45) is 11.8 Å². The summed E-state index contributed by atoms with van der Waals surface area (Å²) in [5.74, 6) is 0.814. The molecule has 0 saturated carbocycles. The van der Waals surface area contributed by atoms with Crippen LogP contribution in [0.25, 0.3) is 11.1 Å². The summed E-state index contributed by atoms with van der Waals surface area (Å²) in [7, 11) is 0. The minimum Gasteiger partial charge on any atom is -0.338 e. The van der Waals surface area contributed by atoms with Gasteiger partial charge in [0.25, 0.3) is 0 Å². The van der Waals surface area contributed by atoms with Gasteiger partial charge in [0.05, 0.1) is 0 Å². The molecule has 29 heavy (non-hydrogen) atoms. The molecule has 0 radical (unpaired) electrons. The second-order valence-electron chi connectivity index (χ2n) is 8.17. The number of allylic oxidation sites excluding steroid dienone is 2. The van der Waals surface area contributed by atoms with E-state index in [0.29, 0.717) is 18.4 Å². The Morgan fingerprint density at radius 3 is 1.79 bits per heavy atom. The van der Waals surface area contributed by atoms with Crippen LogP contribution in [0.3, 0.4) is 0 Å². The molecular weight excluding hydrogens is 354 g/mol. The Bertz CT molecular complexity index is 1020. The summed E-state index contributed by atoms with van der Waals surface area (Å²) in [5, 5.41) is 0. The predicted octanol–water partition coefficient (Wildman–Crippen LogP) is 5.67. The standard InChI is InChI=1S/C27H25NO/c29-27-26-17-25(22-14-8-3-9-15-22)24(21-12-6-2-7-13-21)16-23(26)19-28(27)18-20-10-4-1-5-11-20/h1-15,23,26H,16-19H2. The maximum absolute atomic E-state index is 13.3. The summed E-state index contributed by atoms with van der Waals surface area (Å²) in [6.07, 6.45) is 1.80. The molecule has 0 aromatic heterocycles. The van der Waals surface area contributed by atoms with Crippen LogP contribution in [-0.4, -0.2) is 17.4 Å². The van der Waals surface area contributed by atoms with Gasteiger partial charge < -0.3 is 4.90 Å². The fraction of sp³-hybridized carbons (Fsp3) is 0.222. The normalized spacial score (nSPS) is 21.4. The van der Waals surface area contributed by atoms with Gasteiger partial charge in [-0.1, -0.05) is 91.0 Å². The summed E-state index contributed by atoms with van der Waals surface area (Å²) >= 11 is 0. The number of fused-ring (bicyclic) bond motifs is 1. The third kappa shape index (κ3) is 3.51. The van der Waals surface area contributed by atoms with Crippen molar-refractivity contribution >= 4 is 17.1 Å². The first-order valence-corrected chi connectivity index (χ1v) is 10.4. The van der Waals surface area contributed by atoms with E-state index < -0.39 is 0 Å². The molecule has 2 heteroatoms. The smallest absolute Gasteiger partial charge is 0.226 e. The quantitative estimate of drug-likeness (QED) is 0.572. The third-order valence-corrected chi connectivity index (χ3v) is 6.37. The number of hydrogen-bond acceptors (Lipinski definition) is 1. The lowest BCUT2D eigenvalue weighted by Crippen LogP contribution is -2.27. The van der Waals surface area contributed by atoms with Gasteiger partial charge in [-0.2, -0.15) is 0 Å². The monoisotopic (exact) mass is 379 g/mol. The lowest BCUT2D eigenvalue weighted by atomic mass is 9.74. The number of benzene rings is 3. The van der Waals surface area contributed by atoms with Crippen LogP contribution in [0, 0.1) is 11.8 Å². The van der Waals surface area contributed by atoms with Crippen LogP contribution in [-0.2, 0) is 11.3 Å². The molecular formula is C27H25NO. The number of amides is 1. The third-order valence-electron chi connectivity index (χ3n) is 6.37. The van der Waals surface area contributed by atoms with Gasteiger partial charge in [0.1, 0.15) is 0 Å². The number of nitrogens with zero attached hydrogens (tertiary/aromatic N) is 1. The molecule has 0 N–H and O–H groups in total. The summed E-state index contributed by atoms with van der Waals surface area (Å²) in [5.41, 5.74) is 6.50. The van der Waals surface area contributed by atoms with E-state index in [4.69, 9.17) is 0 Å². The number of rotatable bonds is 4. The van der Waals surface area contributed by atoms with Crippen LogP contribution in [0.2, 0.25) is 0 Å². The van der Waals surface area contributed by atoms with Crippen molar-refractivity contribution in [2.45, 2.75) is 19.4 Å². The Labute approximate surface area is 172 Å². The molecule has 2 atom stereocenters. The first-order chi connectivity index (χ1) is 14.3. The number of hydrogen-bond donors (Lipinski definition) is 0. The first kappa shape index (κ1) is 17.9. The zero-order chi connectivity index (χ0) is 19.6. The molecule has 3 aromatic rings. The van der Waals surface area contributed by atoms with Crippen molar-refractivity contribution in [1.29, 1.82) is 0 Å². The molecule has 144 valence electrons. The van der Waals surface area contributed by atoms with E-state index >= 15 is 0 Å². The highest BCUT2D eigenvalue weighted by Gasteiger charge is 2.43. The molecule has 1 aliphatic carbocycles. The molecule has 1 heterocycles. The molecule has 2 unspecified atom stereocenters. The Balaban J connectivity index is 1.47. The van der Waals surface area contributed by atoms with Crippen molar-refractivity contribution < 1.29 is 4.79 Å². The fourth-order valence-electron chi connectivity index (χ4n) is 4.93. The van der Waals surface area contributed by atoms with Crippen LogP contribution in [0.1, 0.15) is 29.5 Å². The molecule has 5 rings (SSSR count). The van der Waals surface area contributed by atoms with Gasteiger partial charge in [-0.25, -0.2) is 0 Å². The second-order valence-corrected chi connectivity index (χ2v) is 8.17. The lowest BCUT2D eigenvalue weighted by Gasteiger charge is -2.29. The predicted molar refractivity (Wildman–Crippen MR) is 118 cm³/mol. The molecule has 1 fully saturated rings. The van der Waals surface area contributed by atoms with Crippen molar-refractivity contribution in [3.63, 3.8) is 0 Å². The van der Waals surface area contributed by atoms with Crippen LogP contribution in [0.5, 0.6) is 0 Å². The zero-order valence-corrected chi connectivity index (χ0v) is 16.5. The average Bonchev–Trinajstić information content (AvgIpc) is 3.09. The highest BCUT2D eigenvalue weighted by Crippen LogP contribution is 2.47. The van der Waals surface area contributed by atoms with Crippen LogP contribution >= 0.6 is 0 Å². The highest BCUT2D eigenvalue weighted by atomic mass is 16.2. The second kappa shape index (κ2) is 7.71. The molecule has 0 bridgehead atoms. The highest BCUT2D eigenvalue weighted by molar-refractivity contribution is 5.95. The maximum Gasteiger partial charge on any atom is 0.226 e. The van der Waals surface area contributed by atoms with Gasteiger partial charge in [-0.05, 0) is 46.6 Å². The topological polar surface area (TPSA) is 20.3 Å². The Kier molecular flexibility index (Phi) is 4.77. The first-order valence-electron chi connectivity index (χ1n) is 10.4. The molecule has 2 aliphatic rings. The largest absolute Gasteiger partial charge is 0.338 e. The van der Waals surface area contributed by atoms with Gasteiger partial charge in [-0.15, -0.1) is 0 Å². The molecule has 1 saturated heterocycles. The van der Waals surface area contributed by atoms with Crippen molar-refractivity contribution in [3.05, 3.63) is 108 Å². The number of carbonyl (C=O) groups excluding carboxylic acids is 1. The van der Waals surface area contributed by atoms with Gasteiger partial charge in [0.2, 0.25) is 5.91 Å². The molecule has 2 nitrogen and oxygen atoms in total. The van der Waals surface area contributed by atoms with Crippen LogP contribution in [0.15, 0.2) is 91.0 Å². The van der Waals surface area contributed by atoms with Gasteiger partial charge >= 0.3 is 0 Å². The fourth-order valence-corrected chi connectivity index (χ4v) is 4.93. The molecule has 3 aromatic carbocycles. The Hall–Kier alpha value is -3.13. The van der Waals surface area contributed by atoms with E-state index in [1.54, 1.807) is 0 Å². The Morgan fingerprint density at radius 1 is 0.690 bits per heavy atom. The summed E-state index contributed by atoms with van der Waals surface area (Å²) < 4.78 is 0. The van der Waals surface area contributed by atoms with Crippen molar-refractivity contribution in [2.75, 3.05) is 6.54 Å². The van der Waals surface area contributed by atoms with E-state index in [1.165, 1.54) is 27.8 Å². The summed E-state index contributed by atoms with van der Waals surface area (Å²) in [6.45, 7) is 1.57. The summed E-state index contributed by atoms with van der Waals surface area (Å²) in [4.78, 5) is 15.3. The SMILES string of the molecule is O=C1C2CC(c3ccccc3)=C(c3ccccc3)CC2CN1Cc1ccccc1. The Morgan fingerprint density at radius 2 is 1.21 bits per heavy atom. The van der Waals surface area contributed by atoms with Crippen molar-refractivity contribution in [1.82, 2.24) is 4.90 Å². The minimum absolute atomic E-state index is 0.0985. The van der Waals surface area contributed by atoms with Gasteiger partial charge in [-0.3, -0.25) is 4.79 Å². The molecule has 1 amide bonds. The van der Waals surface area contributed by atoms with E-state index in [-0.39, 0.29) is 5.92 Å².